The first-order chi connectivity index (χ1) is 19.2. The van der Waals surface area contributed by atoms with Crippen LogP contribution in [0.3, 0.4) is 0 Å². The second-order valence-electron chi connectivity index (χ2n) is 8.70. The lowest BCUT2D eigenvalue weighted by Gasteiger charge is -2.12. The summed E-state index contributed by atoms with van der Waals surface area (Å²) in [5.41, 5.74) is 3.70. The van der Waals surface area contributed by atoms with Gasteiger partial charge in [-0.3, -0.25) is 0 Å². The van der Waals surface area contributed by atoms with E-state index in [-0.39, 0.29) is 0 Å². The van der Waals surface area contributed by atoms with Crippen molar-refractivity contribution in [1.82, 2.24) is 20.2 Å². The summed E-state index contributed by atoms with van der Waals surface area (Å²) >= 11 is 6.07. The minimum Gasteiger partial charge on any atom is -0.439 e. The molecule has 0 radical (unpaired) electrons. The molecule has 2 heterocycles. The molecule has 0 saturated heterocycles. The summed E-state index contributed by atoms with van der Waals surface area (Å²) in [7, 11) is 0. The molecule has 7 heteroatoms. The van der Waals surface area contributed by atoms with Crippen molar-refractivity contribution in [3.05, 3.63) is 132 Å². The highest BCUT2D eigenvalue weighted by atomic mass is 35.5. The number of ether oxygens (including phenoxy) is 1. The molecule has 39 heavy (non-hydrogen) atoms. The van der Waals surface area contributed by atoms with E-state index in [0.717, 1.165) is 33.3 Å². The molecule has 6 rings (SSSR count). The molecule has 2 aromatic heterocycles. The number of anilines is 2. The standard InChI is InChI=1S/C32H22ClN5O/c33-24-13-11-23(12-14-24)31-27-8-4-5-9-28(27)32(38-37-31)35-25-15-17-26(18-16-25)39-30-20-21-34-29(36-30)19-10-22-6-2-1-3-7-22/h1-21H,(H,35,38)/b19-10+. The van der Waals surface area contributed by atoms with E-state index < -0.39 is 0 Å². The minimum atomic E-state index is 0.466. The minimum absolute atomic E-state index is 0.466. The molecule has 6 aromatic rings. The summed E-state index contributed by atoms with van der Waals surface area (Å²) in [5.74, 6) is 2.36. The molecule has 0 aliphatic rings. The predicted molar refractivity (Wildman–Crippen MR) is 157 cm³/mol. The number of nitrogens with zero attached hydrogens (tertiary/aromatic N) is 4. The quantitative estimate of drug-likeness (QED) is 0.224. The van der Waals surface area contributed by atoms with E-state index in [1.165, 1.54) is 0 Å². The topological polar surface area (TPSA) is 72.8 Å². The van der Waals surface area contributed by atoms with E-state index >= 15 is 0 Å². The zero-order chi connectivity index (χ0) is 26.4. The molecule has 0 fully saturated rings. The number of rotatable bonds is 7. The van der Waals surface area contributed by atoms with Crippen LogP contribution in [0.25, 0.3) is 34.2 Å². The fraction of sp³-hybridized carbons (Fsp3) is 0. The summed E-state index contributed by atoms with van der Waals surface area (Å²) in [6.45, 7) is 0. The lowest BCUT2D eigenvalue weighted by Crippen LogP contribution is -1.99. The van der Waals surface area contributed by atoms with Gasteiger partial charge in [0, 0.05) is 39.3 Å². The molecule has 0 bridgehead atoms. The van der Waals surface area contributed by atoms with E-state index in [9.17, 15) is 0 Å². The number of halogens is 1. The Kier molecular flexibility index (Phi) is 6.93. The van der Waals surface area contributed by atoms with Crippen molar-refractivity contribution in [2.24, 2.45) is 0 Å². The van der Waals surface area contributed by atoms with Crippen LogP contribution in [0.15, 0.2) is 115 Å². The van der Waals surface area contributed by atoms with Gasteiger partial charge < -0.3 is 10.1 Å². The summed E-state index contributed by atoms with van der Waals surface area (Å²) < 4.78 is 5.97. The Balaban J connectivity index is 1.18. The van der Waals surface area contributed by atoms with E-state index in [1.807, 2.05) is 115 Å². The fourth-order valence-electron chi connectivity index (χ4n) is 4.11. The van der Waals surface area contributed by atoms with E-state index in [4.69, 9.17) is 16.3 Å². The number of hydrogen-bond donors (Lipinski definition) is 1. The first-order valence-corrected chi connectivity index (χ1v) is 12.7. The number of benzene rings is 4. The maximum Gasteiger partial charge on any atom is 0.222 e. The molecule has 0 unspecified atom stereocenters. The van der Waals surface area contributed by atoms with Crippen LogP contribution in [-0.4, -0.2) is 20.2 Å². The van der Waals surface area contributed by atoms with Crippen LogP contribution < -0.4 is 10.1 Å². The highest BCUT2D eigenvalue weighted by molar-refractivity contribution is 6.30. The largest absolute Gasteiger partial charge is 0.439 e. The third kappa shape index (κ3) is 5.76. The average molecular weight is 528 g/mol. The number of nitrogens with one attached hydrogen (secondary N) is 1. The third-order valence-electron chi connectivity index (χ3n) is 6.02. The van der Waals surface area contributed by atoms with Crippen molar-refractivity contribution >= 4 is 46.0 Å². The van der Waals surface area contributed by atoms with Crippen molar-refractivity contribution in [2.75, 3.05) is 5.32 Å². The maximum atomic E-state index is 6.07. The fourth-order valence-corrected chi connectivity index (χ4v) is 4.24. The van der Waals surface area contributed by atoms with Crippen molar-refractivity contribution < 1.29 is 4.74 Å². The van der Waals surface area contributed by atoms with Crippen molar-refractivity contribution in [3.8, 4) is 22.9 Å². The summed E-state index contributed by atoms with van der Waals surface area (Å²) in [5, 5.41) is 15.0. The Bertz CT molecular complexity index is 1750. The SMILES string of the molecule is Clc1ccc(-c2nnc(Nc3ccc(Oc4ccnc(/C=C/c5ccccc5)n4)cc3)c3ccccc23)cc1. The molecule has 6 nitrogen and oxygen atoms in total. The molecule has 0 aliphatic heterocycles. The molecule has 0 saturated carbocycles. The van der Waals surface area contributed by atoms with Crippen molar-refractivity contribution in [2.45, 2.75) is 0 Å². The highest BCUT2D eigenvalue weighted by Gasteiger charge is 2.11. The normalized spacial score (nSPS) is 11.1. The van der Waals surface area contributed by atoms with Crippen LogP contribution in [0.4, 0.5) is 11.5 Å². The molecule has 0 atom stereocenters. The molecular formula is C32H22ClN5O. The van der Waals surface area contributed by atoms with Gasteiger partial charge in [-0.05, 0) is 48.0 Å². The van der Waals surface area contributed by atoms with Crippen LogP contribution in [0.1, 0.15) is 11.4 Å². The van der Waals surface area contributed by atoms with Crippen LogP contribution in [0.2, 0.25) is 5.02 Å². The van der Waals surface area contributed by atoms with E-state index in [1.54, 1.807) is 12.3 Å². The number of aromatic nitrogens is 4. The molecule has 1 N–H and O–H groups in total. The van der Waals surface area contributed by atoms with Gasteiger partial charge in [-0.15, -0.1) is 10.2 Å². The lowest BCUT2D eigenvalue weighted by atomic mass is 10.0. The summed E-state index contributed by atoms with van der Waals surface area (Å²) in [6, 6.07) is 35.0. The molecule has 0 spiro atoms. The molecular weight excluding hydrogens is 506 g/mol. The Morgan fingerprint density at radius 3 is 2.23 bits per heavy atom. The van der Waals surface area contributed by atoms with Gasteiger partial charge in [-0.25, -0.2) is 4.98 Å². The van der Waals surface area contributed by atoms with Gasteiger partial charge in [0.15, 0.2) is 11.6 Å². The smallest absolute Gasteiger partial charge is 0.222 e. The Hall–Kier alpha value is -5.07. The Morgan fingerprint density at radius 1 is 0.692 bits per heavy atom. The third-order valence-corrected chi connectivity index (χ3v) is 6.27. The van der Waals surface area contributed by atoms with E-state index in [0.29, 0.717) is 28.3 Å². The van der Waals surface area contributed by atoms with E-state index in [2.05, 4.69) is 25.5 Å². The Morgan fingerprint density at radius 2 is 1.44 bits per heavy atom. The van der Waals surface area contributed by atoms with Gasteiger partial charge in [0.2, 0.25) is 5.88 Å². The molecule has 4 aromatic carbocycles. The zero-order valence-corrected chi connectivity index (χ0v) is 21.5. The van der Waals surface area contributed by atoms with Gasteiger partial charge in [0.1, 0.15) is 11.4 Å². The monoisotopic (exact) mass is 527 g/mol. The van der Waals surface area contributed by atoms with Crippen LogP contribution >= 0.6 is 11.6 Å². The van der Waals surface area contributed by atoms with Crippen LogP contribution in [0.5, 0.6) is 11.6 Å². The average Bonchev–Trinajstić information content (AvgIpc) is 2.99. The number of hydrogen-bond acceptors (Lipinski definition) is 6. The second kappa shape index (κ2) is 11.1. The van der Waals surface area contributed by atoms with Gasteiger partial charge in [0.25, 0.3) is 0 Å². The zero-order valence-electron chi connectivity index (χ0n) is 20.7. The van der Waals surface area contributed by atoms with Gasteiger partial charge >= 0.3 is 0 Å². The second-order valence-corrected chi connectivity index (χ2v) is 9.13. The Labute approximate surface area is 230 Å². The van der Waals surface area contributed by atoms with Crippen LogP contribution in [0, 0.1) is 0 Å². The number of fused-ring (bicyclic) bond motifs is 1. The molecule has 188 valence electrons. The summed E-state index contributed by atoms with van der Waals surface area (Å²) in [6.07, 6.45) is 5.51. The molecule has 0 amide bonds. The predicted octanol–water partition coefficient (Wildman–Crippen LogP) is 8.45. The van der Waals surface area contributed by atoms with Gasteiger partial charge in [-0.1, -0.05) is 84.4 Å². The first-order valence-electron chi connectivity index (χ1n) is 12.3. The van der Waals surface area contributed by atoms with Gasteiger partial charge in [-0.2, -0.15) is 4.98 Å². The highest BCUT2D eigenvalue weighted by Crippen LogP contribution is 2.32. The maximum absolute atomic E-state index is 6.07. The van der Waals surface area contributed by atoms with Crippen molar-refractivity contribution in [1.29, 1.82) is 0 Å². The first kappa shape index (κ1) is 24.3. The van der Waals surface area contributed by atoms with Crippen LogP contribution in [-0.2, 0) is 0 Å². The molecule has 0 aliphatic carbocycles. The lowest BCUT2D eigenvalue weighted by molar-refractivity contribution is 0.461. The van der Waals surface area contributed by atoms with Crippen molar-refractivity contribution in [3.63, 3.8) is 0 Å². The summed E-state index contributed by atoms with van der Waals surface area (Å²) in [4.78, 5) is 8.79. The van der Waals surface area contributed by atoms with Gasteiger partial charge in [0.05, 0.1) is 0 Å².